The largest absolute Gasteiger partial charge is 0.232 e. The zero-order valence-corrected chi connectivity index (χ0v) is 9.26. The zero-order chi connectivity index (χ0) is 11.8. The summed E-state index contributed by atoms with van der Waals surface area (Å²) in [4.78, 5) is 4.30. The molecule has 2 heterocycles. The predicted octanol–water partition coefficient (Wildman–Crippen LogP) is 2.84. The number of aromatic nitrogens is 3. The van der Waals surface area contributed by atoms with Crippen LogP contribution >= 0.6 is 0 Å². The first-order valence-electron chi connectivity index (χ1n) is 5.31. The lowest BCUT2D eigenvalue weighted by atomic mass is 10.1. The highest BCUT2D eigenvalue weighted by atomic mass is 19.1. The molecule has 1 aromatic carbocycles. The molecule has 2 aromatic heterocycles. The Bertz CT molecular complexity index is 671. The molecule has 0 fully saturated rings. The minimum Gasteiger partial charge on any atom is -0.232 e. The fourth-order valence-corrected chi connectivity index (χ4v) is 1.78. The van der Waals surface area contributed by atoms with Crippen LogP contribution in [0.15, 0.2) is 42.6 Å². The van der Waals surface area contributed by atoms with Gasteiger partial charge in [-0.15, -0.1) is 0 Å². The summed E-state index contributed by atoms with van der Waals surface area (Å²) in [6.07, 6.45) is 1.86. The minimum atomic E-state index is -0.242. The lowest BCUT2D eigenvalue weighted by Gasteiger charge is -2.01. The molecule has 0 atom stereocenters. The second-order valence-electron chi connectivity index (χ2n) is 3.91. The molecule has 0 unspecified atom stereocenters. The summed E-state index contributed by atoms with van der Waals surface area (Å²) in [5.41, 5.74) is 3.43. The van der Waals surface area contributed by atoms with Crippen molar-refractivity contribution in [3.63, 3.8) is 0 Å². The number of hydrogen-bond donors (Lipinski definition) is 0. The molecule has 0 saturated heterocycles. The van der Waals surface area contributed by atoms with Gasteiger partial charge in [0.1, 0.15) is 5.82 Å². The quantitative estimate of drug-likeness (QED) is 0.640. The molecule has 0 aliphatic heterocycles. The second-order valence-corrected chi connectivity index (χ2v) is 3.91. The first kappa shape index (κ1) is 9.96. The Hall–Kier alpha value is -2.23. The standard InChI is InChI=1S/C13H10FN3/c1-9-8-17-13(15-9)7-6-12(16-17)10-2-4-11(14)5-3-10/h2-8H,1H3. The molecule has 0 saturated carbocycles. The van der Waals surface area contributed by atoms with Crippen LogP contribution in [0.4, 0.5) is 4.39 Å². The van der Waals surface area contributed by atoms with Crippen molar-refractivity contribution in [3.8, 4) is 11.3 Å². The summed E-state index contributed by atoms with van der Waals surface area (Å²) in [5, 5.41) is 4.43. The van der Waals surface area contributed by atoms with Crippen LogP contribution in [-0.2, 0) is 0 Å². The molecular weight excluding hydrogens is 217 g/mol. The molecule has 0 amide bonds. The average molecular weight is 227 g/mol. The van der Waals surface area contributed by atoms with E-state index in [2.05, 4.69) is 10.1 Å². The lowest BCUT2D eigenvalue weighted by Crippen LogP contribution is -1.92. The minimum absolute atomic E-state index is 0.242. The second kappa shape index (κ2) is 3.66. The van der Waals surface area contributed by atoms with E-state index in [-0.39, 0.29) is 5.82 Å². The summed E-state index contributed by atoms with van der Waals surface area (Å²) < 4.78 is 14.6. The highest BCUT2D eigenvalue weighted by Crippen LogP contribution is 2.17. The summed E-state index contributed by atoms with van der Waals surface area (Å²) in [6.45, 7) is 1.92. The Balaban J connectivity index is 2.13. The Labute approximate surface area is 97.5 Å². The van der Waals surface area contributed by atoms with E-state index in [9.17, 15) is 4.39 Å². The van der Waals surface area contributed by atoms with Gasteiger partial charge in [-0.3, -0.25) is 0 Å². The molecule has 4 heteroatoms. The zero-order valence-electron chi connectivity index (χ0n) is 9.26. The van der Waals surface area contributed by atoms with Crippen LogP contribution in [0.1, 0.15) is 5.69 Å². The van der Waals surface area contributed by atoms with Crippen molar-refractivity contribution in [1.82, 2.24) is 14.6 Å². The Kier molecular flexibility index (Phi) is 2.14. The molecule has 3 aromatic rings. The van der Waals surface area contributed by atoms with E-state index in [4.69, 9.17) is 0 Å². The van der Waals surface area contributed by atoms with Crippen molar-refractivity contribution in [3.05, 3.63) is 54.1 Å². The number of rotatable bonds is 1. The Morgan fingerprint density at radius 3 is 2.59 bits per heavy atom. The van der Waals surface area contributed by atoms with Crippen LogP contribution in [0.3, 0.4) is 0 Å². The lowest BCUT2D eigenvalue weighted by molar-refractivity contribution is 0.628. The van der Waals surface area contributed by atoms with Gasteiger partial charge in [-0.1, -0.05) is 0 Å². The highest BCUT2D eigenvalue weighted by molar-refractivity contribution is 5.60. The molecule has 0 aliphatic carbocycles. The van der Waals surface area contributed by atoms with Crippen molar-refractivity contribution in [2.45, 2.75) is 6.92 Å². The summed E-state index contributed by atoms with van der Waals surface area (Å²) in [5.74, 6) is -0.242. The molecule has 0 aliphatic rings. The molecule has 0 bridgehead atoms. The number of hydrogen-bond acceptors (Lipinski definition) is 2. The Morgan fingerprint density at radius 1 is 1.06 bits per heavy atom. The van der Waals surface area contributed by atoms with E-state index >= 15 is 0 Å². The summed E-state index contributed by atoms with van der Waals surface area (Å²) in [6, 6.07) is 10.1. The van der Waals surface area contributed by atoms with Crippen molar-refractivity contribution in [2.75, 3.05) is 0 Å². The maximum absolute atomic E-state index is 12.8. The van der Waals surface area contributed by atoms with Gasteiger partial charge in [-0.2, -0.15) is 5.10 Å². The summed E-state index contributed by atoms with van der Waals surface area (Å²) >= 11 is 0. The van der Waals surface area contributed by atoms with Crippen LogP contribution in [0.2, 0.25) is 0 Å². The van der Waals surface area contributed by atoms with Crippen molar-refractivity contribution in [1.29, 1.82) is 0 Å². The molecular formula is C13H10FN3. The van der Waals surface area contributed by atoms with E-state index in [1.165, 1.54) is 12.1 Å². The molecule has 17 heavy (non-hydrogen) atoms. The fraction of sp³-hybridized carbons (Fsp3) is 0.0769. The van der Waals surface area contributed by atoms with Crippen molar-refractivity contribution >= 4 is 5.65 Å². The van der Waals surface area contributed by atoms with Crippen molar-refractivity contribution < 1.29 is 4.39 Å². The number of benzene rings is 1. The maximum Gasteiger partial charge on any atom is 0.153 e. The van der Waals surface area contributed by atoms with Gasteiger partial charge in [0.15, 0.2) is 5.65 Å². The van der Waals surface area contributed by atoms with E-state index in [0.29, 0.717) is 0 Å². The fourth-order valence-electron chi connectivity index (χ4n) is 1.78. The molecule has 0 radical (unpaired) electrons. The van der Waals surface area contributed by atoms with Gasteiger partial charge in [-0.25, -0.2) is 13.9 Å². The monoisotopic (exact) mass is 227 g/mol. The van der Waals surface area contributed by atoms with Crippen LogP contribution < -0.4 is 0 Å². The van der Waals surface area contributed by atoms with E-state index in [1.54, 1.807) is 16.6 Å². The molecule has 0 N–H and O–H groups in total. The predicted molar refractivity (Wildman–Crippen MR) is 63.1 cm³/mol. The number of imidazole rings is 1. The maximum atomic E-state index is 12.8. The number of nitrogens with zero attached hydrogens (tertiary/aromatic N) is 3. The third-order valence-corrected chi connectivity index (χ3v) is 2.58. The highest BCUT2D eigenvalue weighted by Gasteiger charge is 2.03. The first-order valence-corrected chi connectivity index (χ1v) is 5.31. The number of halogens is 1. The van der Waals surface area contributed by atoms with Gasteiger partial charge in [0, 0.05) is 5.56 Å². The van der Waals surface area contributed by atoms with Gasteiger partial charge < -0.3 is 0 Å². The molecule has 0 spiro atoms. The van der Waals surface area contributed by atoms with E-state index in [0.717, 1.165) is 22.6 Å². The number of fused-ring (bicyclic) bond motifs is 1. The molecule has 3 rings (SSSR count). The van der Waals surface area contributed by atoms with Crippen LogP contribution in [0.25, 0.3) is 16.9 Å². The van der Waals surface area contributed by atoms with Gasteiger partial charge in [-0.05, 0) is 43.3 Å². The SMILES string of the molecule is Cc1cn2nc(-c3ccc(F)cc3)ccc2n1. The van der Waals surface area contributed by atoms with Crippen LogP contribution in [-0.4, -0.2) is 14.6 Å². The smallest absolute Gasteiger partial charge is 0.153 e. The molecule has 84 valence electrons. The average Bonchev–Trinajstić information content (AvgIpc) is 2.69. The van der Waals surface area contributed by atoms with Crippen molar-refractivity contribution in [2.24, 2.45) is 0 Å². The van der Waals surface area contributed by atoms with Gasteiger partial charge in [0.25, 0.3) is 0 Å². The van der Waals surface area contributed by atoms with E-state index < -0.39 is 0 Å². The Morgan fingerprint density at radius 2 is 1.82 bits per heavy atom. The number of aryl methyl sites for hydroxylation is 1. The summed E-state index contributed by atoms with van der Waals surface area (Å²) in [7, 11) is 0. The van der Waals surface area contributed by atoms with Gasteiger partial charge in [0.05, 0.1) is 17.6 Å². The van der Waals surface area contributed by atoms with Crippen LogP contribution in [0, 0.1) is 12.7 Å². The van der Waals surface area contributed by atoms with Crippen LogP contribution in [0.5, 0.6) is 0 Å². The normalized spacial score (nSPS) is 10.9. The van der Waals surface area contributed by atoms with E-state index in [1.807, 2.05) is 25.3 Å². The third-order valence-electron chi connectivity index (χ3n) is 2.58. The topological polar surface area (TPSA) is 30.2 Å². The first-order chi connectivity index (χ1) is 8.22. The van der Waals surface area contributed by atoms with Gasteiger partial charge >= 0.3 is 0 Å². The molecule has 3 nitrogen and oxygen atoms in total. The third kappa shape index (κ3) is 1.78. The van der Waals surface area contributed by atoms with Gasteiger partial charge in [0.2, 0.25) is 0 Å².